The molecular formula is C15H22N2S2. The summed E-state index contributed by atoms with van der Waals surface area (Å²) in [5.41, 5.74) is 1.33. The highest BCUT2D eigenvalue weighted by Gasteiger charge is 2.18. The number of benzene rings is 1. The molecule has 1 aliphatic rings. The van der Waals surface area contributed by atoms with Gasteiger partial charge in [-0.2, -0.15) is 0 Å². The molecule has 0 radical (unpaired) electrons. The van der Waals surface area contributed by atoms with E-state index in [1.54, 1.807) is 0 Å². The molecule has 0 saturated carbocycles. The molecule has 0 unspecified atom stereocenters. The Bertz CT molecular complexity index is 386. The Kier molecular flexibility index (Phi) is 5.98. The number of anilines is 1. The van der Waals surface area contributed by atoms with Crippen LogP contribution in [0.4, 0.5) is 5.69 Å². The van der Waals surface area contributed by atoms with Crippen molar-refractivity contribution in [2.75, 3.05) is 36.8 Å². The highest BCUT2D eigenvalue weighted by molar-refractivity contribution is 8.22. The van der Waals surface area contributed by atoms with Crippen molar-refractivity contribution in [3.63, 3.8) is 0 Å². The van der Waals surface area contributed by atoms with E-state index in [-0.39, 0.29) is 0 Å². The smallest absolute Gasteiger partial charge is 0.136 e. The van der Waals surface area contributed by atoms with E-state index >= 15 is 0 Å². The van der Waals surface area contributed by atoms with Crippen LogP contribution >= 0.6 is 24.0 Å². The molecule has 2 nitrogen and oxygen atoms in total. The van der Waals surface area contributed by atoms with Crippen molar-refractivity contribution in [3.05, 3.63) is 30.3 Å². The van der Waals surface area contributed by atoms with Crippen LogP contribution in [-0.2, 0) is 0 Å². The fraction of sp³-hybridized carbons (Fsp3) is 0.533. The van der Waals surface area contributed by atoms with Gasteiger partial charge in [0.1, 0.15) is 4.32 Å². The normalized spacial score (nSPS) is 15.6. The summed E-state index contributed by atoms with van der Waals surface area (Å²) >= 11 is 7.36. The number of hydrogen-bond donors (Lipinski definition) is 0. The summed E-state index contributed by atoms with van der Waals surface area (Å²) in [5.74, 6) is 1.16. The number of para-hydroxylation sites is 1. The summed E-state index contributed by atoms with van der Waals surface area (Å²) in [6, 6.07) is 10.6. The second kappa shape index (κ2) is 7.75. The molecule has 0 amide bonds. The van der Waals surface area contributed by atoms with E-state index < -0.39 is 0 Å². The fourth-order valence-electron chi connectivity index (χ4n) is 2.18. The van der Waals surface area contributed by atoms with E-state index in [4.69, 9.17) is 12.2 Å². The molecule has 19 heavy (non-hydrogen) atoms. The second-order valence-electron chi connectivity index (χ2n) is 4.78. The molecule has 0 N–H and O–H groups in total. The molecule has 1 fully saturated rings. The van der Waals surface area contributed by atoms with Gasteiger partial charge < -0.3 is 9.80 Å². The van der Waals surface area contributed by atoms with Gasteiger partial charge in [0.05, 0.1) is 0 Å². The van der Waals surface area contributed by atoms with Crippen molar-refractivity contribution in [1.29, 1.82) is 0 Å². The summed E-state index contributed by atoms with van der Waals surface area (Å²) in [7, 11) is 0. The molecular weight excluding hydrogens is 272 g/mol. The summed E-state index contributed by atoms with van der Waals surface area (Å²) < 4.78 is 1.08. The quantitative estimate of drug-likeness (QED) is 0.618. The molecule has 104 valence electrons. The molecule has 4 heteroatoms. The number of rotatable bonds is 4. The Morgan fingerprint density at radius 3 is 2.47 bits per heavy atom. The van der Waals surface area contributed by atoms with E-state index in [1.807, 2.05) is 11.8 Å². The van der Waals surface area contributed by atoms with Gasteiger partial charge in [-0.15, -0.1) is 0 Å². The van der Waals surface area contributed by atoms with E-state index in [0.717, 1.165) is 36.3 Å². The lowest BCUT2D eigenvalue weighted by atomic mass is 10.2. The zero-order valence-corrected chi connectivity index (χ0v) is 13.2. The first kappa shape index (κ1) is 14.7. The third-order valence-electron chi connectivity index (χ3n) is 3.38. The SMILES string of the molecule is CCCCSC(=S)N1CCN(c2ccccc2)CC1. The Hall–Kier alpha value is -0.740. The first-order valence-electron chi connectivity index (χ1n) is 7.03. The van der Waals surface area contributed by atoms with Crippen LogP contribution in [0.25, 0.3) is 0 Å². The number of unbranched alkanes of at least 4 members (excludes halogenated alkanes) is 1. The van der Waals surface area contributed by atoms with Crippen molar-refractivity contribution >= 4 is 34.0 Å². The Morgan fingerprint density at radius 2 is 1.84 bits per heavy atom. The van der Waals surface area contributed by atoms with Gasteiger partial charge in [-0.25, -0.2) is 0 Å². The van der Waals surface area contributed by atoms with E-state index in [2.05, 4.69) is 47.1 Å². The van der Waals surface area contributed by atoms with Crippen LogP contribution in [0, 0.1) is 0 Å². The van der Waals surface area contributed by atoms with Gasteiger partial charge in [-0.1, -0.05) is 55.5 Å². The third-order valence-corrected chi connectivity index (χ3v) is 4.99. The first-order valence-corrected chi connectivity index (χ1v) is 8.42. The van der Waals surface area contributed by atoms with E-state index in [9.17, 15) is 0 Å². The minimum absolute atomic E-state index is 1.05. The van der Waals surface area contributed by atoms with Gasteiger partial charge >= 0.3 is 0 Å². The van der Waals surface area contributed by atoms with E-state index in [1.165, 1.54) is 18.5 Å². The van der Waals surface area contributed by atoms with Gasteiger partial charge in [0.25, 0.3) is 0 Å². The fourth-order valence-corrected chi connectivity index (χ4v) is 3.59. The summed E-state index contributed by atoms with van der Waals surface area (Å²) in [4.78, 5) is 4.80. The number of thioether (sulfide) groups is 1. The Morgan fingerprint density at radius 1 is 1.16 bits per heavy atom. The lowest BCUT2D eigenvalue weighted by Crippen LogP contribution is -2.47. The van der Waals surface area contributed by atoms with Crippen LogP contribution in [-0.4, -0.2) is 41.2 Å². The average Bonchev–Trinajstić information content (AvgIpc) is 2.48. The zero-order chi connectivity index (χ0) is 13.5. The predicted molar refractivity (Wildman–Crippen MR) is 90.2 cm³/mol. The van der Waals surface area contributed by atoms with Crippen LogP contribution in [0.5, 0.6) is 0 Å². The Labute approximate surface area is 126 Å². The van der Waals surface area contributed by atoms with Crippen molar-refractivity contribution in [2.24, 2.45) is 0 Å². The minimum atomic E-state index is 1.05. The summed E-state index contributed by atoms with van der Waals surface area (Å²) in [6.45, 7) is 6.46. The molecule has 1 aliphatic heterocycles. The van der Waals surface area contributed by atoms with Crippen LogP contribution in [0.1, 0.15) is 19.8 Å². The topological polar surface area (TPSA) is 6.48 Å². The van der Waals surface area contributed by atoms with Crippen molar-refractivity contribution < 1.29 is 0 Å². The van der Waals surface area contributed by atoms with E-state index in [0.29, 0.717) is 0 Å². The molecule has 0 atom stereocenters. The number of thiocarbonyl (C=S) groups is 1. The molecule has 1 saturated heterocycles. The standard InChI is InChI=1S/C15H22N2S2/c1-2-3-13-19-15(18)17-11-9-16(10-12-17)14-7-5-4-6-8-14/h4-8H,2-3,9-13H2,1H3. The molecule has 1 aromatic rings. The first-order chi connectivity index (χ1) is 9.31. The Balaban J connectivity index is 1.77. The monoisotopic (exact) mass is 294 g/mol. The lowest BCUT2D eigenvalue weighted by molar-refractivity contribution is 0.397. The lowest BCUT2D eigenvalue weighted by Gasteiger charge is -2.37. The number of nitrogens with zero attached hydrogens (tertiary/aromatic N) is 2. The van der Waals surface area contributed by atoms with Gasteiger partial charge in [-0.3, -0.25) is 0 Å². The van der Waals surface area contributed by atoms with Crippen LogP contribution < -0.4 is 4.90 Å². The maximum absolute atomic E-state index is 5.51. The number of hydrogen-bond acceptors (Lipinski definition) is 3. The molecule has 0 aliphatic carbocycles. The summed E-state index contributed by atoms with van der Waals surface area (Å²) in [6.07, 6.45) is 2.51. The van der Waals surface area contributed by atoms with Gasteiger partial charge in [-0.05, 0) is 18.6 Å². The maximum atomic E-state index is 5.51. The van der Waals surface area contributed by atoms with Crippen LogP contribution in [0.2, 0.25) is 0 Å². The van der Waals surface area contributed by atoms with Crippen molar-refractivity contribution in [3.8, 4) is 0 Å². The maximum Gasteiger partial charge on any atom is 0.136 e. The van der Waals surface area contributed by atoms with Crippen LogP contribution in [0.15, 0.2) is 30.3 Å². The molecule has 1 aromatic carbocycles. The highest BCUT2D eigenvalue weighted by Crippen LogP contribution is 2.18. The molecule has 2 rings (SSSR count). The number of piperazine rings is 1. The highest BCUT2D eigenvalue weighted by atomic mass is 32.2. The van der Waals surface area contributed by atoms with Gasteiger partial charge in [0, 0.05) is 37.6 Å². The molecule has 0 spiro atoms. The van der Waals surface area contributed by atoms with Crippen molar-refractivity contribution in [2.45, 2.75) is 19.8 Å². The summed E-state index contributed by atoms with van der Waals surface area (Å²) in [5, 5.41) is 0. The zero-order valence-electron chi connectivity index (χ0n) is 11.5. The van der Waals surface area contributed by atoms with Crippen molar-refractivity contribution in [1.82, 2.24) is 4.90 Å². The average molecular weight is 294 g/mol. The predicted octanol–water partition coefficient (Wildman–Crippen LogP) is 3.63. The molecule has 0 aromatic heterocycles. The molecule has 1 heterocycles. The van der Waals surface area contributed by atoms with Gasteiger partial charge in [0.15, 0.2) is 0 Å². The third kappa shape index (κ3) is 4.39. The minimum Gasteiger partial charge on any atom is -0.368 e. The second-order valence-corrected chi connectivity index (χ2v) is 6.51. The van der Waals surface area contributed by atoms with Crippen LogP contribution in [0.3, 0.4) is 0 Å². The largest absolute Gasteiger partial charge is 0.368 e. The molecule has 0 bridgehead atoms. The van der Waals surface area contributed by atoms with Gasteiger partial charge in [0.2, 0.25) is 0 Å².